The van der Waals surface area contributed by atoms with E-state index in [1.165, 1.54) is 0 Å². The van der Waals surface area contributed by atoms with Gasteiger partial charge in [0.05, 0.1) is 6.61 Å². The number of hydrogen-bond donors (Lipinski definition) is 3. The molecule has 0 radical (unpaired) electrons. The smallest absolute Gasteiger partial charge is 0.303 e. The molecule has 0 aliphatic rings. The summed E-state index contributed by atoms with van der Waals surface area (Å²) in [7, 11) is 0. The molecular formula is C13H19NO3. The Morgan fingerprint density at radius 1 is 1.24 bits per heavy atom. The van der Waals surface area contributed by atoms with Crippen molar-refractivity contribution in [1.82, 2.24) is 5.32 Å². The Morgan fingerprint density at radius 3 is 2.71 bits per heavy atom. The van der Waals surface area contributed by atoms with E-state index < -0.39 is 5.97 Å². The van der Waals surface area contributed by atoms with Gasteiger partial charge in [-0.15, -0.1) is 0 Å². The van der Waals surface area contributed by atoms with Gasteiger partial charge >= 0.3 is 5.97 Å². The van der Waals surface area contributed by atoms with E-state index in [-0.39, 0.29) is 13.0 Å². The van der Waals surface area contributed by atoms with Crippen LogP contribution in [0.1, 0.15) is 30.4 Å². The van der Waals surface area contributed by atoms with Crippen molar-refractivity contribution in [3.05, 3.63) is 35.4 Å². The van der Waals surface area contributed by atoms with Crippen molar-refractivity contribution in [2.24, 2.45) is 0 Å². The number of nitrogens with one attached hydrogen (secondary N) is 1. The molecule has 1 rings (SSSR count). The lowest BCUT2D eigenvalue weighted by atomic mass is 10.1. The Balaban J connectivity index is 2.15. The lowest BCUT2D eigenvalue weighted by molar-refractivity contribution is -0.137. The summed E-state index contributed by atoms with van der Waals surface area (Å²) in [6.45, 7) is 1.63. The second-order valence-electron chi connectivity index (χ2n) is 4.01. The van der Waals surface area contributed by atoms with Gasteiger partial charge in [0, 0.05) is 13.0 Å². The van der Waals surface area contributed by atoms with Crippen LogP contribution in [0.25, 0.3) is 0 Å². The van der Waals surface area contributed by atoms with E-state index in [0.717, 1.165) is 30.6 Å². The van der Waals surface area contributed by atoms with Crippen molar-refractivity contribution in [2.75, 3.05) is 6.54 Å². The highest BCUT2D eigenvalue weighted by atomic mass is 16.4. The number of unbranched alkanes of at least 4 members (excludes halogenated alkanes) is 1. The molecule has 0 saturated carbocycles. The van der Waals surface area contributed by atoms with Crippen molar-refractivity contribution >= 4 is 5.97 Å². The Hall–Kier alpha value is -1.39. The maximum atomic E-state index is 10.3. The molecule has 0 saturated heterocycles. The summed E-state index contributed by atoms with van der Waals surface area (Å²) in [5.74, 6) is -0.736. The van der Waals surface area contributed by atoms with E-state index in [9.17, 15) is 4.79 Å². The number of benzene rings is 1. The highest BCUT2D eigenvalue weighted by Gasteiger charge is 1.97. The zero-order valence-corrected chi connectivity index (χ0v) is 9.85. The van der Waals surface area contributed by atoms with Crippen LogP contribution >= 0.6 is 0 Å². The molecule has 0 atom stereocenters. The summed E-state index contributed by atoms with van der Waals surface area (Å²) in [5, 5.41) is 20.7. The van der Waals surface area contributed by atoms with Crippen LogP contribution in [-0.4, -0.2) is 22.7 Å². The van der Waals surface area contributed by atoms with E-state index in [2.05, 4.69) is 5.32 Å². The molecule has 0 aliphatic heterocycles. The van der Waals surface area contributed by atoms with Crippen molar-refractivity contribution in [1.29, 1.82) is 0 Å². The first kappa shape index (κ1) is 13.7. The second kappa shape index (κ2) is 7.81. The SMILES string of the molecule is O=C(O)CCCCNCc1cccc(CO)c1. The Kier molecular flexibility index (Phi) is 6.29. The van der Waals surface area contributed by atoms with Crippen LogP contribution in [0, 0.1) is 0 Å². The largest absolute Gasteiger partial charge is 0.481 e. The fourth-order valence-corrected chi connectivity index (χ4v) is 1.60. The van der Waals surface area contributed by atoms with Gasteiger partial charge in [-0.1, -0.05) is 24.3 Å². The fourth-order valence-electron chi connectivity index (χ4n) is 1.60. The van der Waals surface area contributed by atoms with Crippen molar-refractivity contribution in [2.45, 2.75) is 32.4 Å². The highest BCUT2D eigenvalue weighted by molar-refractivity contribution is 5.66. The molecular weight excluding hydrogens is 218 g/mol. The minimum absolute atomic E-state index is 0.0620. The minimum Gasteiger partial charge on any atom is -0.481 e. The minimum atomic E-state index is -0.736. The third kappa shape index (κ3) is 6.04. The van der Waals surface area contributed by atoms with Crippen LogP contribution in [0.4, 0.5) is 0 Å². The van der Waals surface area contributed by atoms with Gasteiger partial charge in [-0.05, 0) is 30.5 Å². The van der Waals surface area contributed by atoms with Gasteiger partial charge in [-0.3, -0.25) is 4.79 Å². The quantitative estimate of drug-likeness (QED) is 0.600. The summed E-state index contributed by atoms with van der Waals surface area (Å²) < 4.78 is 0. The van der Waals surface area contributed by atoms with E-state index >= 15 is 0 Å². The number of aliphatic hydroxyl groups excluding tert-OH is 1. The molecule has 17 heavy (non-hydrogen) atoms. The lowest BCUT2D eigenvalue weighted by Crippen LogP contribution is -2.15. The molecule has 1 aromatic rings. The first-order valence-corrected chi connectivity index (χ1v) is 5.83. The number of carbonyl (C=O) groups is 1. The molecule has 0 fully saturated rings. The number of carboxylic acids is 1. The maximum Gasteiger partial charge on any atom is 0.303 e. The molecule has 94 valence electrons. The van der Waals surface area contributed by atoms with E-state index in [1.807, 2.05) is 24.3 Å². The first-order valence-electron chi connectivity index (χ1n) is 5.83. The topological polar surface area (TPSA) is 69.6 Å². The monoisotopic (exact) mass is 237 g/mol. The van der Waals surface area contributed by atoms with Gasteiger partial charge in [0.15, 0.2) is 0 Å². The predicted octanol–water partition coefficient (Wildman–Crippen LogP) is 1.52. The first-order chi connectivity index (χ1) is 8.22. The summed E-state index contributed by atoms with van der Waals surface area (Å²) in [6.07, 6.45) is 1.81. The number of aliphatic carboxylic acids is 1. The van der Waals surface area contributed by atoms with Crippen LogP contribution in [-0.2, 0) is 17.9 Å². The van der Waals surface area contributed by atoms with Crippen LogP contribution in [0.15, 0.2) is 24.3 Å². The number of carboxylic acid groups (broad SMARTS) is 1. The van der Waals surface area contributed by atoms with Gasteiger partial charge in [0.1, 0.15) is 0 Å². The van der Waals surface area contributed by atoms with Crippen molar-refractivity contribution in [3.63, 3.8) is 0 Å². The molecule has 0 unspecified atom stereocenters. The molecule has 1 aromatic carbocycles. The standard InChI is InChI=1S/C13H19NO3/c15-10-12-5-3-4-11(8-12)9-14-7-2-1-6-13(16)17/h3-5,8,14-15H,1-2,6-7,9-10H2,(H,16,17). The number of hydrogen-bond acceptors (Lipinski definition) is 3. The van der Waals surface area contributed by atoms with Crippen LogP contribution in [0.5, 0.6) is 0 Å². The number of aliphatic hydroxyl groups is 1. The molecule has 0 bridgehead atoms. The summed E-state index contributed by atoms with van der Waals surface area (Å²) >= 11 is 0. The summed E-state index contributed by atoms with van der Waals surface area (Å²) in [6, 6.07) is 7.77. The summed E-state index contributed by atoms with van der Waals surface area (Å²) in [5.41, 5.74) is 2.05. The normalized spacial score (nSPS) is 10.4. The van der Waals surface area contributed by atoms with Crippen LogP contribution < -0.4 is 5.32 Å². The maximum absolute atomic E-state index is 10.3. The van der Waals surface area contributed by atoms with Crippen molar-refractivity contribution in [3.8, 4) is 0 Å². The fraction of sp³-hybridized carbons (Fsp3) is 0.462. The van der Waals surface area contributed by atoms with Crippen LogP contribution in [0.3, 0.4) is 0 Å². The third-order valence-corrected chi connectivity index (χ3v) is 2.50. The molecule has 0 heterocycles. The molecule has 0 aromatic heterocycles. The second-order valence-corrected chi connectivity index (χ2v) is 4.01. The highest BCUT2D eigenvalue weighted by Crippen LogP contribution is 2.05. The van der Waals surface area contributed by atoms with Gasteiger partial charge in [0.2, 0.25) is 0 Å². The molecule has 0 aliphatic carbocycles. The molecule has 3 N–H and O–H groups in total. The predicted molar refractivity (Wildman–Crippen MR) is 65.6 cm³/mol. The van der Waals surface area contributed by atoms with Gasteiger partial charge < -0.3 is 15.5 Å². The Labute approximate surface area is 101 Å². The average molecular weight is 237 g/mol. The zero-order valence-electron chi connectivity index (χ0n) is 9.85. The average Bonchev–Trinajstić information content (AvgIpc) is 2.33. The molecule has 4 heteroatoms. The lowest BCUT2D eigenvalue weighted by Gasteiger charge is -2.05. The summed E-state index contributed by atoms with van der Waals surface area (Å²) in [4.78, 5) is 10.3. The van der Waals surface area contributed by atoms with E-state index in [1.54, 1.807) is 0 Å². The van der Waals surface area contributed by atoms with Crippen molar-refractivity contribution < 1.29 is 15.0 Å². The molecule has 0 amide bonds. The number of rotatable bonds is 8. The molecule has 4 nitrogen and oxygen atoms in total. The Bertz CT molecular complexity index is 352. The van der Waals surface area contributed by atoms with E-state index in [0.29, 0.717) is 6.42 Å². The zero-order chi connectivity index (χ0) is 12.5. The Morgan fingerprint density at radius 2 is 2.00 bits per heavy atom. The third-order valence-electron chi connectivity index (χ3n) is 2.50. The van der Waals surface area contributed by atoms with E-state index in [4.69, 9.17) is 10.2 Å². The van der Waals surface area contributed by atoms with Gasteiger partial charge in [-0.25, -0.2) is 0 Å². The molecule has 0 spiro atoms. The van der Waals surface area contributed by atoms with Gasteiger partial charge in [-0.2, -0.15) is 0 Å². The van der Waals surface area contributed by atoms with Gasteiger partial charge in [0.25, 0.3) is 0 Å². The van der Waals surface area contributed by atoms with Crippen LogP contribution in [0.2, 0.25) is 0 Å².